The van der Waals surface area contributed by atoms with Gasteiger partial charge in [-0.15, -0.1) is 0 Å². The van der Waals surface area contributed by atoms with E-state index < -0.39 is 5.82 Å². The van der Waals surface area contributed by atoms with Crippen LogP contribution in [0.2, 0.25) is 0 Å². The Morgan fingerprint density at radius 2 is 2.20 bits per heavy atom. The zero-order valence-electron chi connectivity index (χ0n) is 9.29. The molecule has 2 nitrogen and oxygen atoms in total. The molecule has 0 saturated carbocycles. The summed E-state index contributed by atoms with van der Waals surface area (Å²) in [6.07, 6.45) is 2.21. The summed E-state index contributed by atoms with van der Waals surface area (Å²) < 4.78 is 18.7. The largest absolute Gasteiger partial charge is 0.490 e. The van der Waals surface area contributed by atoms with E-state index in [9.17, 15) is 4.39 Å². The number of anilines is 1. The number of nitrogens with two attached hydrogens (primary N) is 1. The Bertz CT molecular complexity index is 314. The highest BCUT2D eigenvalue weighted by molar-refractivity contribution is 5.42. The Balaban J connectivity index is 2.50. The summed E-state index contributed by atoms with van der Waals surface area (Å²) in [6.45, 7) is 4.77. The van der Waals surface area contributed by atoms with Gasteiger partial charge in [0.2, 0.25) is 0 Å². The van der Waals surface area contributed by atoms with Crippen molar-refractivity contribution in [2.75, 3.05) is 12.3 Å². The number of rotatable bonds is 5. The van der Waals surface area contributed by atoms with Crippen LogP contribution in [-0.2, 0) is 0 Å². The molecule has 1 rings (SSSR count). The third-order valence-electron chi connectivity index (χ3n) is 2.26. The van der Waals surface area contributed by atoms with Crippen molar-refractivity contribution in [1.82, 2.24) is 0 Å². The first kappa shape index (κ1) is 11.8. The van der Waals surface area contributed by atoms with Crippen LogP contribution in [-0.4, -0.2) is 6.61 Å². The number of ether oxygens (including phenoxy) is 1. The summed E-state index contributed by atoms with van der Waals surface area (Å²) in [5, 5.41) is 0. The van der Waals surface area contributed by atoms with E-state index in [-0.39, 0.29) is 5.75 Å². The highest BCUT2D eigenvalue weighted by Gasteiger charge is 2.06. The standard InChI is InChI=1S/C12H18FNO/c1-3-4-9(2)8-15-12-6-5-10(14)7-11(12)13/h5-7,9H,3-4,8,14H2,1-2H3/t9-/m1/s1. The summed E-state index contributed by atoms with van der Waals surface area (Å²) in [7, 11) is 0. The van der Waals surface area contributed by atoms with Crippen LogP contribution in [0.4, 0.5) is 10.1 Å². The number of hydrogen-bond acceptors (Lipinski definition) is 2. The first-order valence-corrected chi connectivity index (χ1v) is 5.31. The summed E-state index contributed by atoms with van der Waals surface area (Å²) in [4.78, 5) is 0. The van der Waals surface area contributed by atoms with Gasteiger partial charge in [0.15, 0.2) is 11.6 Å². The quantitative estimate of drug-likeness (QED) is 0.759. The van der Waals surface area contributed by atoms with Gasteiger partial charge in [-0.05, 0) is 24.5 Å². The van der Waals surface area contributed by atoms with Crippen LogP contribution in [0.25, 0.3) is 0 Å². The van der Waals surface area contributed by atoms with E-state index in [0.29, 0.717) is 18.2 Å². The molecule has 1 aromatic rings. The summed E-state index contributed by atoms with van der Waals surface area (Å²) in [5.74, 6) is 0.345. The molecule has 0 amide bonds. The van der Waals surface area contributed by atoms with Gasteiger partial charge in [0.1, 0.15) is 0 Å². The average Bonchev–Trinajstić information content (AvgIpc) is 2.17. The molecule has 0 aromatic heterocycles. The van der Waals surface area contributed by atoms with Crippen molar-refractivity contribution in [1.29, 1.82) is 0 Å². The molecule has 0 aliphatic heterocycles. The van der Waals surface area contributed by atoms with Crippen LogP contribution >= 0.6 is 0 Å². The van der Waals surface area contributed by atoms with Gasteiger partial charge in [-0.2, -0.15) is 0 Å². The minimum absolute atomic E-state index is 0.284. The molecule has 2 N–H and O–H groups in total. The zero-order chi connectivity index (χ0) is 11.3. The van der Waals surface area contributed by atoms with Gasteiger partial charge in [0.25, 0.3) is 0 Å². The lowest BCUT2D eigenvalue weighted by atomic mass is 10.1. The number of halogens is 1. The van der Waals surface area contributed by atoms with Gasteiger partial charge in [-0.3, -0.25) is 0 Å². The lowest BCUT2D eigenvalue weighted by Gasteiger charge is -2.12. The third kappa shape index (κ3) is 3.78. The Morgan fingerprint density at radius 1 is 1.47 bits per heavy atom. The molecule has 0 unspecified atom stereocenters. The van der Waals surface area contributed by atoms with Crippen molar-refractivity contribution >= 4 is 5.69 Å². The van der Waals surface area contributed by atoms with Crippen LogP contribution in [0.15, 0.2) is 18.2 Å². The van der Waals surface area contributed by atoms with Crippen LogP contribution in [0.3, 0.4) is 0 Å². The van der Waals surface area contributed by atoms with Crippen LogP contribution in [0.5, 0.6) is 5.75 Å². The third-order valence-corrected chi connectivity index (χ3v) is 2.26. The molecule has 0 fully saturated rings. The fourth-order valence-corrected chi connectivity index (χ4v) is 1.44. The molecule has 1 aromatic carbocycles. The summed E-state index contributed by atoms with van der Waals surface area (Å²) in [6, 6.07) is 4.49. The maximum Gasteiger partial charge on any atom is 0.167 e. The molecule has 0 bridgehead atoms. The van der Waals surface area contributed by atoms with E-state index in [2.05, 4.69) is 13.8 Å². The molecule has 0 saturated heterocycles. The summed E-state index contributed by atoms with van der Waals surface area (Å²) >= 11 is 0. The Hall–Kier alpha value is -1.25. The fraction of sp³-hybridized carbons (Fsp3) is 0.500. The van der Waals surface area contributed by atoms with E-state index in [1.54, 1.807) is 12.1 Å². The SMILES string of the molecule is CCC[C@@H](C)COc1ccc(N)cc1F. The lowest BCUT2D eigenvalue weighted by Crippen LogP contribution is -2.09. The van der Waals surface area contributed by atoms with Crippen molar-refractivity contribution < 1.29 is 9.13 Å². The van der Waals surface area contributed by atoms with Crippen LogP contribution < -0.4 is 10.5 Å². The molecular weight excluding hydrogens is 193 g/mol. The topological polar surface area (TPSA) is 35.2 Å². The van der Waals surface area contributed by atoms with Crippen LogP contribution in [0, 0.1) is 11.7 Å². The van der Waals surface area contributed by atoms with Crippen molar-refractivity contribution in [3.63, 3.8) is 0 Å². The molecule has 84 valence electrons. The first-order valence-electron chi connectivity index (χ1n) is 5.31. The van der Waals surface area contributed by atoms with Crippen molar-refractivity contribution in [2.24, 2.45) is 5.92 Å². The molecule has 0 heterocycles. The minimum Gasteiger partial charge on any atom is -0.490 e. The highest BCUT2D eigenvalue weighted by Crippen LogP contribution is 2.20. The van der Waals surface area contributed by atoms with Crippen LogP contribution in [0.1, 0.15) is 26.7 Å². The normalized spacial score (nSPS) is 12.5. The highest BCUT2D eigenvalue weighted by atomic mass is 19.1. The van der Waals surface area contributed by atoms with Crippen molar-refractivity contribution in [2.45, 2.75) is 26.7 Å². The minimum atomic E-state index is -0.390. The second kappa shape index (κ2) is 5.59. The summed E-state index contributed by atoms with van der Waals surface area (Å²) in [5.41, 5.74) is 5.85. The maximum absolute atomic E-state index is 13.3. The van der Waals surface area contributed by atoms with Gasteiger partial charge >= 0.3 is 0 Å². The van der Waals surface area contributed by atoms with E-state index in [1.165, 1.54) is 6.07 Å². The first-order chi connectivity index (χ1) is 7.13. The second-order valence-corrected chi connectivity index (χ2v) is 3.89. The molecule has 15 heavy (non-hydrogen) atoms. The lowest BCUT2D eigenvalue weighted by molar-refractivity contribution is 0.242. The smallest absolute Gasteiger partial charge is 0.167 e. The van der Waals surface area contributed by atoms with Crippen molar-refractivity contribution in [3.05, 3.63) is 24.0 Å². The Kier molecular flexibility index (Phi) is 4.40. The maximum atomic E-state index is 13.3. The molecule has 1 atom stereocenters. The predicted octanol–water partition coefficient (Wildman–Crippen LogP) is 3.22. The van der Waals surface area contributed by atoms with Gasteiger partial charge < -0.3 is 10.5 Å². The van der Waals surface area contributed by atoms with E-state index in [0.717, 1.165) is 12.8 Å². The molecular formula is C12H18FNO. The number of benzene rings is 1. The van der Waals surface area contributed by atoms with E-state index in [4.69, 9.17) is 10.5 Å². The van der Waals surface area contributed by atoms with Crippen molar-refractivity contribution in [3.8, 4) is 5.75 Å². The molecule has 0 radical (unpaired) electrons. The van der Waals surface area contributed by atoms with Gasteiger partial charge in [-0.1, -0.05) is 20.3 Å². The van der Waals surface area contributed by atoms with Gasteiger partial charge in [0, 0.05) is 11.8 Å². The van der Waals surface area contributed by atoms with E-state index >= 15 is 0 Å². The monoisotopic (exact) mass is 211 g/mol. The second-order valence-electron chi connectivity index (χ2n) is 3.89. The van der Waals surface area contributed by atoms with E-state index in [1.807, 2.05) is 0 Å². The van der Waals surface area contributed by atoms with Gasteiger partial charge in [0.05, 0.1) is 6.61 Å². The molecule has 3 heteroatoms. The number of nitrogen functional groups attached to an aromatic ring is 1. The van der Waals surface area contributed by atoms with Gasteiger partial charge in [-0.25, -0.2) is 4.39 Å². The number of hydrogen-bond donors (Lipinski definition) is 1. The Labute approximate surface area is 90.2 Å². The Morgan fingerprint density at radius 3 is 2.80 bits per heavy atom. The fourth-order valence-electron chi connectivity index (χ4n) is 1.44. The molecule has 0 spiro atoms. The average molecular weight is 211 g/mol. The zero-order valence-corrected chi connectivity index (χ0v) is 9.29. The molecule has 0 aliphatic carbocycles. The predicted molar refractivity (Wildman–Crippen MR) is 60.4 cm³/mol. The molecule has 0 aliphatic rings.